The molecule has 23 heavy (non-hydrogen) atoms. The standard InChI is InChI=1S/C20H31FO2/c1-2-3-4-5-10-13-16-19(21)17-14-11-8-6-7-9-12-15-18-20(22)23/h7-11,13,17H,2-6,12,14-16,18H2,1H3,(H,22,23). The topological polar surface area (TPSA) is 37.3 Å². The van der Waals surface area contributed by atoms with Crippen LogP contribution in [0.15, 0.2) is 48.4 Å². The molecule has 0 spiro atoms. The minimum absolute atomic E-state index is 0.0781. The van der Waals surface area contributed by atoms with Gasteiger partial charge in [-0.15, -0.1) is 0 Å². The van der Waals surface area contributed by atoms with Crippen LogP contribution in [0.1, 0.15) is 71.1 Å². The van der Waals surface area contributed by atoms with Gasteiger partial charge in [0.15, 0.2) is 0 Å². The molecule has 2 nitrogen and oxygen atoms in total. The van der Waals surface area contributed by atoms with E-state index in [1.165, 1.54) is 19.3 Å². The van der Waals surface area contributed by atoms with Gasteiger partial charge in [0.05, 0.1) is 0 Å². The summed E-state index contributed by atoms with van der Waals surface area (Å²) in [5.41, 5.74) is 0. The molecule has 0 aromatic carbocycles. The smallest absolute Gasteiger partial charge is 0.303 e. The van der Waals surface area contributed by atoms with E-state index in [0.717, 1.165) is 19.3 Å². The molecule has 1 N–H and O–H groups in total. The quantitative estimate of drug-likeness (QED) is 0.292. The van der Waals surface area contributed by atoms with Gasteiger partial charge < -0.3 is 5.11 Å². The fourth-order valence-electron chi connectivity index (χ4n) is 1.96. The van der Waals surface area contributed by atoms with Crippen LogP contribution < -0.4 is 0 Å². The second-order valence-electron chi connectivity index (χ2n) is 5.52. The van der Waals surface area contributed by atoms with Crippen molar-refractivity contribution in [2.75, 3.05) is 0 Å². The number of halogens is 1. The van der Waals surface area contributed by atoms with Crippen molar-refractivity contribution in [2.45, 2.75) is 71.1 Å². The Morgan fingerprint density at radius 2 is 1.57 bits per heavy atom. The van der Waals surface area contributed by atoms with E-state index in [0.29, 0.717) is 19.3 Å². The Hall–Kier alpha value is -1.64. The highest BCUT2D eigenvalue weighted by molar-refractivity contribution is 5.66. The number of hydrogen-bond donors (Lipinski definition) is 1. The van der Waals surface area contributed by atoms with Crippen LogP contribution in [0.3, 0.4) is 0 Å². The van der Waals surface area contributed by atoms with Gasteiger partial charge in [-0.05, 0) is 44.6 Å². The van der Waals surface area contributed by atoms with Crippen molar-refractivity contribution < 1.29 is 14.3 Å². The molecule has 0 saturated heterocycles. The van der Waals surface area contributed by atoms with Crippen LogP contribution in [-0.4, -0.2) is 11.1 Å². The second-order valence-corrected chi connectivity index (χ2v) is 5.52. The highest BCUT2D eigenvalue weighted by Gasteiger charge is 1.92. The largest absolute Gasteiger partial charge is 0.481 e. The van der Waals surface area contributed by atoms with Crippen LogP contribution in [0.2, 0.25) is 0 Å². The molecule has 0 aromatic heterocycles. The highest BCUT2D eigenvalue weighted by Crippen LogP contribution is 2.08. The summed E-state index contributed by atoms with van der Waals surface area (Å²) in [5.74, 6) is -0.825. The zero-order valence-electron chi connectivity index (χ0n) is 14.3. The normalized spacial score (nSPS) is 12.9. The Kier molecular flexibility index (Phi) is 15.5. The van der Waals surface area contributed by atoms with Crippen molar-refractivity contribution in [3.05, 3.63) is 48.4 Å². The zero-order valence-corrected chi connectivity index (χ0v) is 14.3. The molecule has 0 bridgehead atoms. The molecule has 0 aliphatic carbocycles. The number of carboxylic acids is 1. The lowest BCUT2D eigenvalue weighted by Crippen LogP contribution is -1.92. The van der Waals surface area contributed by atoms with Gasteiger partial charge in [-0.1, -0.05) is 56.2 Å². The van der Waals surface area contributed by atoms with E-state index < -0.39 is 5.97 Å². The first-order valence-corrected chi connectivity index (χ1v) is 8.68. The van der Waals surface area contributed by atoms with E-state index in [2.05, 4.69) is 13.0 Å². The summed E-state index contributed by atoms with van der Waals surface area (Å²) >= 11 is 0. The Morgan fingerprint density at radius 3 is 2.30 bits per heavy atom. The van der Waals surface area contributed by atoms with E-state index in [1.807, 2.05) is 30.4 Å². The molecule has 0 fully saturated rings. The number of aliphatic carboxylic acids is 1. The Labute approximate surface area is 140 Å². The van der Waals surface area contributed by atoms with Crippen LogP contribution in [0.5, 0.6) is 0 Å². The summed E-state index contributed by atoms with van der Waals surface area (Å²) in [7, 11) is 0. The summed E-state index contributed by atoms with van der Waals surface area (Å²) < 4.78 is 13.5. The number of unbranched alkanes of at least 4 members (excludes halogenated alkanes) is 4. The lowest BCUT2D eigenvalue weighted by Gasteiger charge is -1.93. The molecule has 0 unspecified atom stereocenters. The molecule has 0 amide bonds. The molecule has 0 aromatic rings. The third-order valence-electron chi connectivity index (χ3n) is 3.30. The van der Waals surface area contributed by atoms with Crippen molar-refractivity contribution in [3.63, 3.8) is 0 Å². The van der Waals surface area contributed by atoms with Crippen LogP contribution >= 0.6 is 0 Å². The maximum Gasteiger partial charge on any atom is 0.303 e. The number of hydrogen-bond acceptors (Lipinski definition) is 1. The maximum atomic E-state index is 13.5. The van der Waals surface area contributed by atoms with E-state index in [-0.39, 0.29) is 12.2 Å². The fourth-order valence-corrected chi connectivity index (χ4v) is 1.96. The highest BCUT2D eigenvalue weighted by atomic mass is 19.1. The number of carboxylic acid groups (broad SMARTS) is 1. The van der Waals surface area contributed by atoms with Gasteiger partial charge in [0.25, 0.3) is 0 Å². The van der Waals surface area contributed by atoms with Gasteiger partial charge in [-0.3, -0.25) is 4.79 Å². The zero-order chi connectivity index (χ0) is 17.2. The number of allylic oxidation sites excluding steroid dienone is 8. The Bertz CT molecular complexity index is 406. The third-order valence-corrected chi connectivity index (χ3v) is 3.30. The van der Waals surface area contributed by atoms with Gasteiger partial charge in [-0.2, -0.15) is 0 Å². The Morgan fingerprint density at radius 1 is 0.913 bits per heavy atom. The van der Waals surface area contributed by atoms with Crippen LogP contribution in [0.4, 0.5) is 4.39 Å². The molecule has 0 aliphatic rings. The first-order chi connectivity index (χ1) is 11.2. The van der Waals surface area contributed by atoms with Gasteiger partial charge in [0.1, 0.15) is 5.83 Å². The van der Waals surface area contributed by atoms with Gasteiger partial charge >= 0.3 is 5.97 Å². The SMILES string of the molecule is CCCCCC=CCC(F)=CCC=CCC=CCCCC(=O)O. The average Bonchev–Trinajstić information content (AvgIpc) is 2.52. The Balaban J connectivity index is 3.62. The summed E-state index contributed by atoms with van der Waals surface area (Å²) in [4.78, 5) is 10.3. The first kappa shape index (κ1) is 21.4. The molecule has 0 heterocycles. The summed E-state index contributed by atoms with van der Waals surface area (Å²) in [6, 6.07) is 0. The molecule has 0 saturated carbocycles. The number of rotatable bonds is 14. The second kappa shape index (κ2) is 16.7. The molecular formula is C20H31FO2. The van der Waals surface area contributed by atoms with E-state index in [1.54, 1.807) is 6.08 Å². The molecule has 0 rings (SSSR count). The predicted octanol–water partition coefficient (Wildman–Crippen LogP) is 6.51. The number of carbonyl (C=O) groups is 1. The van der Waals surface area contributed by atoms with E-state index >= 15 is 0 Å². The average molecular weight is 322 g/mol. The summed E-state index contributed by atoms with van der Waals surface area (Å²) in [5, 5.41) is 8.48. The van der Waals surface area contributed by atoms with Crippen LogP contribution in [0.25, 0.3) is 0 Å². The summed E-state index contributed by atoms with van der Waals surface area (Å²) in [6.45, 7) is 2.18. The van der Waals surface area contributed by atoms with Crippen molar-refractivity contribution in [2.24, 2.45) is 0 Å². The molecule has 0 radical (unpaired) electrons. The minimum atomic E-state index is -0.747. The summed E-state index contributed by atoms with van der Waals surface area (Å²) in [6.07, 6.45) is 21.7. The molecule has 0 aliphatic heterocycles. The van der Waals surface area contributed by atoms with E-state index in [9.17, 15) is 9.18 Å². The maximum absolute atomic E-state index is 13.5. The lowest BCUT2D eigenvalue weighted by atomic mass is 10.2. The lowest BCUT2D eigenvalue weighted by molar-refractivity contribution is -0.137. The molecular weight excluding hydrogens is 291 g/mol. The third kappa shape index (κ3) is 18.3. The van der Waals surface area contributed by atoms with Crippen LogP contribution in [-0.2, 0) is 4.79 Å². The molecule has 130 valence electrons. The van der Waals surface area contributed by atoms with Gasteiger partial charge in [0.2, 0.25) is 0 Å². The van der Waals surface area contributed by atoms with Crippen molar-refractivity contribution >= 4 is 5.97 Å². The fraction of sp³-hybridized carbons (Fsp3) is 0.550. The van der Waals surface area contributed by atoms with Crippen LogP contribution in [0, 0.1) is 0 Å². The van der Waals surface area contributed by atoms with Crippen molar-refractivity contribution in [1.82, 2.24) is 0 Å². The monoisotopic (exact) mass is 322 g/mol. The molecule has 3 heteroatoms. The van der Waals surface area contributed by atoms with E-state index in [4.69, 9.17) is 5.11 Å². The molecule has 0 atom stereocenters. The minimum Gasteiger partial charge on any atom is -0.481 e. The van der Waals surface area contributed by atoms with Crippen molar-refractivity contribution in [3.8, 4) is 0 Å². The first-order valence-electron chi connectivity index (χ1n) is 8.68. The van der Waals surface area contributed by atoms with Gasteiger partial charge in [0, 0.05) is 12.8 Å². The van der Waals surface area contributed by atoms with Gasteiger partial charge in [-0.25, -0.2) is 4.39 Å². The van der Waals surface area contributed by atoms with Crippen molar-refractivity contribution in [1.29, 1.82) is 0 Å². The predicted molar refractivity (Wildman–Crippen MR) is 96.1 cm³/mol.